The average Bonchev–Trinajstić information content (AvgIpc) is 3.32. The van der Waals surface area contributed by atoms with E-state index in [1.165, 1.54) is 0 Å². The van der Waals surface area contributed by atoms with Crippen molar-refractivity contribution in [3.8, 4) is 0 Å². The number of carbonyl (C=O) groups excluding carboxylic acids is 4. The molecule has 13 unspecified atom stereocenters. The molecule has 2 aliphatic rings. The van der Waals surface area contributed by atoms with Gasteiger partial charge in [0.05, 0.1) is 55.4 Å². The molecule has 0 radical (unpaired) electrons. The maximum atomic E-state index is 13.3. The van der Waals surface area contributed by atoms with Gasteiger partial charge in [-0.1, -0.05) is 93.7 Å². The van der Waals surface area contributed by atoms with Gasteiger partial charge in [0, 0.05) is 68.5 Å². The first kappa shape index (κ1) is 66.3. The number of esters is 1. The van der Waals surface area contributed by atoms with E-state index in [2.05, 4.69) is 0 Å². The molecule has 430 valence electrons. The van der Waals surface area contributed by atoms with Crippen LogP contribution in [0.25, 0.3) is 0 Å². The predicted octanol–water partition coefficient (Wildman–Crippen LogP) is 4.91. The van der Waals surface area contributed by atoms with Crippen LogP contribution < -0.4 is 5.73 Å². The Hall–Kier alpha value is -5.03. The van der Waals surface area contributed by atoms with Gasteiger partial charge in [0.1, 0.15) is 36.1 Å². The van der Waals surface area contributed by atoms with Crippen molar-refractivity contribution in [2.45, 2.75) is 191 Å². The third kappa shape index (κ3) is 25.1. The summed E-state index contributed by atoms with van der Waals surface area (Å²) in [6.07, 6.45) is 6.90. The highest BCUT2D eigenvalue weighted by Gasteiger charge is 2.50. The van der Waals surface area contributed by atoms with E-state index < -0.39 is 128 Å². The number of aliphatic hydroxyl groups is 8. The number of hydrogen-bond donors (Lipinski definition) is 10. The number of anilines is 1. The van der Waals surface area contributed by atoms with E-state index in [1.807, 2.05) is 101 Å². The largest absolute Gasteiger partial charge is 0.481 e. The van der Waals surface area contributed by atoms with Crippen LogP contribution in [0.5, 0.6) is 0 Å². The average molecular weight is 1080 g/mol. The van der Waals surface area contributed by atoms with Crippen molar-refractivity contribution in [1.82, 2.24) is 0 Å². The summed E-state index contributed by atoms with van der Waals surface area (Å²) in [6, 6.07) is 6.45. The molecule has 1 aromatic rings. The lowest BCUT2D eigenvalue weighted by atomic mass is 9.83. The highest BCUT2D eigenvalue weighted by molar-refractivity contribution is 5.97. The Balaban J connectivity index is 1.50. The van der Waals surface area contributed by atoms with Gasteiger partial charge in [0.15, 0.2) is 17.9 Å². The third-order valence-corrected chi connectivity index (χ3v) is 13.6. The van der Waals surface area contributed by atoms with Crippen LogP contribution in [0.15, 0.2) is 97.2 Å². The summed E-state index contributed by atoms with van der Waals surface area (Å²) in [7, 11) is 0. The van der Waals surface area contributed by atoms with Gasteiger partial charge in [0.25, 0.3) is 0 Å². The van der Waals surface area contributed by atoms with E-state index in [4.69, 9.17) is 24.7 Å². The van der Waals surface area contributed by atoms with Crippen molar-refractivity contribution in [2.75, 3.05) is 12.3 Å². The summed E-state index contributed by atoms with van der Waals surface area (Å²) in [5.74, 6) is -8.01. The molecule has 11 N–H and O–H groups in total. The molecule has 3 rings (SSSR count). The molecule has 2 heterocycles. The molecule has 0 spiro atoms. The topological polar surface area (TPSA) is 330 Å². The van der Waals surface area contributed by atoms with E-state index in [0.717, 1.165) is 0 Å². The summed E-state index contributed by atoms with van der Waals surface area (Å²) in [6.45, 7) is 8.95. The number of ether oxygens (including phenoxy) is 4. The Morgan fingerprint density at radius 2 is 1.36 bits per heavy atom. The quantitative estimate of drug-likeness (QED) is 0.0144. The normalized spacial score (nSPS) is 26.0. The number of aliphatic carboxylic acids is 1. The number of aliphatic hydroxyl groups excluding tert-OH is 7. The van der Waals surface area contributed by atoms with Crippen molar-refractivity contribution in [3.05, 3.63) is 103 Å². The van der Waals surface area contributed by atoms with Crippen molar-refractivity contribution in [2.24, 2.45) is 23.7 Å². The monoisotopic (exact) mass is 1080 g/mol. The van der Waals surface area contributed by atoms with Crippen LogP contribution in [0.4, 0.5) is 5.69 Å². The van der Waals surface area contributed by atoms with Gasteiger partial charge in [-0.2, -0.15) is 0 Å². The van der Waals surface area contributed by atoms with Crippen LogP contribution in [-0.4, -0.2) is 155 Å². The summed E-state index contributed by atoms with van der Waals surface area (Å²) < 4.78 is 22.8. The first-order valence-electron chi connectivity index (χ1n) is 26.6. The molecule has 0 saturated carbocycles. The Bertz CT molecular complexity index is 2170. The molecule has 2 fully saturated rings. The number of nitrogen functional groups attached to an aromatic ring is 1. The lowest BCUT2D eigenvalue weighted by Crippen LogP contribution is -2.56. The zero-order valence-corrected chi connectivity index (χ0v) is 45.1. The number of nitrogens with two attached hydrogens (primary N) is 1. The molecule has 2 saturated heterocycles. The van der Waals surface area contributed by atoms with Crippen molar-refractivity contribution >= 4 is 35.0 Å². The molecule has 0 bridgehead atoms. The first-order chi connectivity index (χ1) is 36.4. The third-order valence-electron chi connectivity index (χ3n) is 13.6. The van der Waals surface area contributed by atoms with E-state index in [1.54, 1.807) is 31.2 Å². The van der Waals surface area contributed by atoms with E-state index in [9.17, 15) is 69.9 Å². The standard InChI is InChI=1S/C58H85NO18/c1-6-7-8-9-10-11-12-13-14-15-16-18-36(2)55(38(4)25-37(3)48(66)32-49(67)40-21-23-41(59)24-22-40)76-53(70)31-43(61)20-17-19-42(60)27-44(62)28-45(63)29-46(64)33-58(73)34-51(69)54(56(71)72)52(77-58)26-39(5)75-57-50(68)30-47(65)35-74-57/h6-16,18,21-24,36-39,44-48,50-52,54-55,57,62-66,68-69,73H,17,19-20,25-35,59H2,1-5H3,(H,71,72)/b7-6+,9-8+,11-10+,13-12+,15-14+,18-16+/t36?,37?,38?,39?,44?,45?,46?,47-,48?,50-,51?,52?,54?,55?,57-,58?/m0/s1. The minimum Gasteiger partial charge on any atom is -0.481 e. The smallest absolute Gasteiger partial charge is 0.313 e. The van der Waals surface area contributed by atoms with Gasteiger partial charge >= 0.3 is 11.9 Å². The van der Waals surface area contributed by atoms with Gasteiger partial charge in [-0.25, -0.2) is 0 Å². The maximum Gasteiger partial charge on any atom is 0.313 e. The Morgan fingerprint density at radius 3 is 1.97 bits per heavy atom. The highest BCUT2D eigenvalue weighted by atomic mass is 16.7. The molecule has 19 nitrogen and oxygen atoms in total. The van der Waals surface area contributed by atoms with Gasteiger partial charge in [-0.05, 0) is 75.6 Å². The van der Waals surface area contributed by atoms with E-state index in [0.29, 0.717) is 17.7 Å². The van der Waals surface area contributed by atoms with E-state index in [-0.39, 0.29) is 81.5 Å². The number of carboxylic acids is 1. The molecule has 0 aliphatic carbocycles. The van der Waals surface area contributed by atoms with Gasteiger partial charge in [-0.3, -0.25) is 24.0 Å². The zero-order chi connectivity index (χ0) is 57.2. The minimum atomic E-state index is -2.23. The number of carboxylic acid groups (broad SMARTS) is 1. The fourth-order valence-electron chi connectivity index (χ4n) is 9.59. The predicted molar refractivity (Wildman–Crippen MR) is 286 cm³/mol. The fraction of sp³-hybridized carbons (Fsp3) is 0.603. The van der Waals surface area contributed by atoms with Crippen molar-refractivity contribution < 1.29 is 88.9 Å². The van der Waals surface area contributed by atoms with Gasteiger partial charge in [-0.15, -0.1) is 0 Å². The molecular weight excluding hydrogens is 999 g/mol. The van der Waals surface area contributed by atoms with E-state index >= 15 is 0 Å². The molecule has 0 aromatic heterocycles. The number of hydrogen-bond acceptors (Lipinski definition) is 18. The van der Waals surface area contributed by atoms with Crippen LogP contribution in [0.1, 0.15) is 128 Å². The van der Waals surface area contributed by atoms with Crippen molar-refractivity contribution in [1.29, 1.82) is 0 Å². The Morgan fingerprint density at radius 1 is 0.766 bits per heavy atom. The summed E-state index contributed by atoms with van der Waals surface area (Å²) in [5, 5.41) is 95.1. The maximum absolute atomic E-state index is 13.3. The number of benzene rings is 1. The summed E-state index contributed by atoms with van der Waals surface area (Å²) in [4.78, 5) is 64.1. The van der Waals surface area contributed by atoms with Gasteiger partial charge in [0.2, 0.25) is 0 Å². The summed E-state index contributed by atoms with van der Waals surface area (Å²) in [5.41, 5.74) is 6.69. The van der Waals surface area contributed by atoms with Crippen LogP contribution in [0, 0.1) is 23.7 Å². The number of allylic oxidation sites excluding steroid dienone is 11. The second-order valence-corrected chi connectivity index (χ2v) is 20.8. The zero-order valence-electron chi connectivity index (χ0n) is 45.1. The minimum absolute atomic E-state index is 0.000400. The second-order valence-electron chi connectivity index (χ2n) is 20.8. The Kier molecular flexibility index (Phi) is 29.3. The molecule has 0 amide bonds. The number of rotatable bonds is 34. The van der Waals surface area contributed by atoms with Crippen LogP contribution in [-0.2, 0) is 38.1 Å². The highest BCUT2D eigenvalue weighted by Crippen LogP contribution is 2.38. The van der Waals surface area contributed by atoms with Gasteiger partial charge < -0.3 is 70.6 Å². The van der Waals surface area contributed by atoms with Crippen LogP contribution >= 0.6 is 0 Å². The lowest BCUT2D eigenvalue weighted by Gasteiger charge is -2.44. The SMILES string of the molecule is C/C=C/C=C/C=C/C=C/C=C/C=C/C(C)C(OC(=O)CC(=O)CCCC(=O)CC(O)CC(O)CC(O)CC1(O)CC(O)C(C(=O)O)C(CC(C)O[C@@H]2OC[C@@H](O)C[C@@H]2O)O1)C(C)CC(C)C(O)CC(=O)c1ccc(N)cc1. The molecule has 77 heavy (non-hydrogen) atoms. The second kappa shape index (κ2) is 34.1. The number of ketones is 3. The Labute approximate surface area is 452 Å². The summed E-state index contributed by atoms with van der Waals surface area (Å²) >= 11 is 0. The van der Waals surface area contributed by atoms with Crippen molar-refractivity contribution in [3.63, 3.8) is 0 Å². The number of carbonyl (C=O) groups is 5. The molecular formula is C58H85NO18. The van der Waals surface area contributed by atoms with Crippen LogP contribution in [0.3, 0.4) is 0 Å². The molecule has 16 atom stereocenters. The fourth-order valence-corrected chi connectivity index (χ4v) is 9.59. The molecule has 19 heteroatoms. The van der Waals surface area contributed by atoms with Crippen LogP contribution in [0.2, 0.25) is 0 Å². The number of Topliss-reactive ketones (excluding diaryl/α,β-unsaturated/α-hetero) is 3. The molecule has 2 aliphatic heterocycles. The first-order valence-corrected chi connectivity index (χ1v) is 26.6. The lowest BCUT2D eigenvalue weighted by molar-refractivity contribution is -0.306. The molecule has 1 aromatic carbocycles.